The normalized spacial score (nSPS) is 16.6. The minimum absolute atomic E-state index is 0.513. The molecular formula is C25H31NO5. The number of methoxy groups -OCH3 is 4. The molecule has 0 saturated carbocycles. The standard InChI is InChI=1S/C25H31NO5/c1-14(2)11-26-12-19-17-9-23(30-5)21(28-3)7-15(17)16-8-22(29-4)24(31-6)10-18(16)25(19)20(27)13-26/h7-10,14,20,27H,11-13H2,1-6H3. The number of aliphatic hydroxyl groups excluding tert-OH is 1. The van der Waals surface area contributed by atoms with Crippen molar-refractivity contribution < 1.29 is 24.1 Å². The van der Waals surface area contributed by atoms with E-state index in [9.17, 15) is 5.11 Å². The zero-order valence-electron chi connectivity index (χ0n) is 19.1. The summed E-state index contributed by atoms with van der Waals surface area (Å²) in [6.45, 7) is 6.69. The molecule has 1 N–H and O–H groups in total. The van der Waals surface area contributed by atoms with Gasteiger partial charge in [0.1, 0.15) is 0 Å². The molecule has 0 fully saturated rings. The Hall–Kier alpha value is -2.70. The molecule has 0 aromatic heterocycles. The summed E-state index contributed by atoms with van der Waals surface area (Å²) in [7, 11) is 6.55. The Morgan fingerprint density at radius 1 is 0.806 bits per heavy atom. The first-order valence-electron chi connectivity index (χ1n) is 10.6. The zero-order valence-corrected chi connectivity index (χ0v) is 19.1. The number of hydrogen-bond acceptors (Lipinski definition) is 6. The first-order valence-corrected chi connectivity index (χ1v) is 10.6. The number of hydrogen-bond donors (Lipinski definition) is 1. The third-order valence-corrected chi connectivity index (χ3v) is 6.05. The Labute approximate surface area is 183 Å². The number of aliphatic hydroxyl groups is 1. The summed E-state index contributed by atoms with van der Waals surface area (Å²) >= 11 is 0. The van der Waals surface area contributed by atoms with Gasteiger partial charge in [0, 0.05) is 19.6 Å². The van der Waals surface area contributed by atoms with Crippen LogP contribution in [0.15, 0.2) is 24.3 Å². The van der Waals surface area contributed by atoms with Gasteiger partial charge in [0.05, 0.1) is 34.5 Å². The van der Waals surface area contributed by atoms with E-state index in [4.69, 9.17) is 18.9 Å². The lowest BCUT2D eigenvalue weighted by atomic mass is 9.85. The molecule has 3 aromatic carbocycles. The number of rotatable bonds is 6. The molecular weight excluding hydrogens is 394 g/mol. The van der Waals surface area contributed by atoms with Crippen LogP contribution < -0.4 is 18.9 Å². The van der Waals surface area contributed by atoms with Crippen LogP contribution in [-0.2, 0) is 6.54 Å². The SMILES string of the molecule is COc1cc2c3c(c4cc(OC)c(OC)cc4c2cc1OC)C(O)CN(CC(C)C)C3. The van der Waals surface area contributed by atoms with Crippen molar-refractivity contribution in [2.45, 2.75) is 26.5 Å². The molecule has 4 rings (SSSR count). The lowest BCUT2D eigenvalue weighted by molar-refractivity contribution is 0.0873. The molecule has 1 aliphatic heterocycles. The molecule has 1 aliphatic rings. The molecule has 0 radical (unpaired) electrons. The Morgan fingerprint density at radius 3 is 1.74 bits per heavy atom. The van der Waals surface area contributed by atoms with Gasteiger partial charge in [-0.3, -0.25) is 4.90 Å². The summed E-state index contributed by atoms with van der Waals surface area (Å²) in [5, 5.41) is 15.3. The molecule has 166 valence electrons. The predicted octanol–water partition coefficient (Wildman–Crippen LogP) is 4.53. The van der Waals surface area contributed by atoms with Crippen molar-refractivity contribution in [1.82, 2.24) is 4.90 Å². The summed E-state index contributed by atoms with van der Waals surface area (Å²) < 4.78 is 22.3. The predicted molar refractivity (Wildman–Crippen MR) is 123 cm³/mol. The fourth-order valence-electron chi connectivity index (χ4n) is 4.81. The lowest BCUT2D eigenvalue weighted by Gasteiger charge is -2.35. The molecule has 0 spiro atoms. The number of ether oxygens (including phenoxy) is 4. The van der Waals surface area contributed by atoms with Crippen molar-refractivity contribution in [3.05, 3.63) is 35.4 Å². The lowest BCUT2D eigenvalue weighted by Crippen LogP contribution is -2.36. The van der Waals surface area contributed by atoms with Crippen molar-refractivity contribution >= 4 is 21.5 Å². The smallest absolute Gasteiger partial charge is 0.161 e. The fraction of sp³-hybridized carbons (Fsp3) is 0.440. The molecule has 6 heteroatoms. The average Bonchev–Trinajstić information content (AvgIpc) is 2.76. The van der Waals surface area contributed by atoms with Crippen molar-refractivity contribution in [3.63, 3.8) is 0 Å². The maximum atomic E-state index is 11.2. The molecule has 31 heavy (non-hydrogen) atoms. The van der Waals surface area contributed by atoms with Crippen LogP contribution in [0.4, 0.5) is 0 Å². The second-order valence-corrected chi connectivity index (χ2v) is 8.50. The van der Waals surface area contributed by atoms with Crippen molar-refractivity contribution in [2.24, 2.45) is 5.92 Å². The molecule has 1 unspecified atom stereocenters. The monoisotopic (exact) mass is 425 g/mol. The van der Waals surface area contributed by atoms with Gasteiger partial charge in [-0.15, -0.1) is 0 Å². The van der Waals surface area contributed by atoms with E-state index in [0.717, 1.165) is 45.8 Å². The number of nitrogens with zero attached hydrogens (tertiary/aromatic N) is 1. The minimum atomic E-state index is -0.597. The Bertz CT molecular complexity index is 1120. The van der Waals surface area contributed by atoms with Gasteiger partial charge in [-0.25, -0.2) is 0 Å². The van der Waals surface area contributed by atoms with Crippen molar-refractivity contribution in [1.29, 1.82) is 0 Å². The van der Waals surface area contributed by atoms with E-state index in [1.54, 1.807) is 28.4 Å². The van der Waals surface area contributed by atoms with Gasteiger partial charge in [-0.05, 0) is 62.9 Å². The summed E-state index contributed by atoms with van der Waals surface area (Å²) in [6.07, 6.45) is -0.597. The Morgan fingerprint density at radius 2 is 1.26 bits per heavy atom. The van der Waals surface area contributed by atoms with Gasteiger partial charge in [0.25, 0.3) is 0 Å². The number of β-amino-alcohol motifs (C(OH)–C–C–N with tert-alkyl or cyclic N) is 1. The van der Waals surface area contributed by atoms with E-state index in [0.29, 0.717) is 35.5 Å². The quantitative estimate of drug-likeness (QED) is 0.586. The number of benzene rings is 3. The van der Waals surface area contributed by atoms with Crippen LogP contribution in [-0.4, -0.2) is 51.5 Å². The van der Waals surface area contributed by atoms with Crippen LogP contribution in [0.25, 0.3) is 21.5 Å². The largest absolute Gasteiger partial charge is 0.493 e. The van der Waals surface area contributed by atoms with Crippen LogP contribution in [0.3, 0.4) is 0 Å². The minimum Gasteiger partial charge on any atom is -0.493 e. The highest BCUT2D eigenvalue weighted by Crippen LogP contribution is 2.46. The molecule has 6 nitrogen and oxygen atoms in total. The van der Waals surface area contributed by atoms with E-state index in [1.807, 2.05) is 24.3 Å². The molecule has 1 heterocycles. The van der Waals surface area contributed by atoms with Crippen molar-refractivity contribution in [3.8, 4) is 23.0 Å². The van der Waals surface area contributed by atoms with Gasteiger partial charge in [0.15, 0.2) is 23.0 Å². The molecule has 0 aliphatic carbocycles. The van der Waals surface area contributed by atoms with Crippen LogP contribution in [0.1, 0.15) is 31.1 Å². The molecule has 0 amide bonds. The Balaban J connectivity index is 2.11. The maximum Gasteiger partial charge on any atom is 0.161 e. The fourth-order valence-corrected chi connectivity index (χ4v) is 4.81. The van der Waals surface area contributed by atoms with Gasteiger partial charge in [-0.1, -0.05) is 13.8 Å². The van der Waals surface area contributed by atoms with Crippen LogP contribution in [0, 0.1) is 5.92 Å². The van der Waals surface area contributed by atoms with E-state index in [2.05, 4.69) is 18.7 Å². The highest BCUT2D eigenvalue weighted by molar-refractivity contribution is 6.13. The Kier molecular flexibility index (Phi) is 5.86. The van der Waals surface area contributed by atoms with Crippen LogP contribution in [0.2, 0.25) is 0 Å². The molecule has 0 saturated heterocycles. The molecule has 3 aromatic rings. The highest BCUT2D eigenvalue weighted by Gasteiger charge is 2.29. The number of fused-ring (bicyclic) bond motifs is 6. The average molecular weight is 426 g/mol. The van der Waals surface area contributed by atoms with Gasteiger partial charge < -0.3 is 24.1 Å². The summed E-state index contributed by atoms with van der Waals surface area (Å²) in [5.74, 6) is 3.15. The topological polar surface area (TPSA) is 60.4 Å². The first-order chi connectivity index (χ1) is 14.9. The van der Waals surface area contributed by atoms with Gasteiger partial charge in [-0.2, -0.15) is 0 Å². The second-order valence-electron chi connectivity index (χ2n) is 8.50. The second kappa shape index (κ2) is 8.44. The van der Waals surface area contributed by atoms with E-state index in [-0.39, 0.29) is 0 Å². The van der Waals surface area contributed by atoms with Gasteiger partial charge in [0.2, 0.25) is 0 Å². The molecule has 1 atom stereocenters. The van der Waals surface area contributed by atoms with Crippen molar-refractivity contribution in [2.75, 3.05) is 41.5 Å². The highest BCUT2D eigenvalue weighted by atomic mass is 16.5. The third-order valence-electron chi connectivity index (χ3n) is 6.05. The summed E-state index contributed by atoms with van der Waals surface area (Å²) in [6, 6.07) is 7.99. The van der Waals surface area contributed by atoms with E-state index >= 15 is 0 Å². The zero-order chi connectivity index (χ0) is 22.3. The maximum absolute atomic E-state index is 11.2. The van der Waals surface area contributed by atoms with Crippen LogP contribution in [0.5, 0.6) is 23.0 Å². The summed E-state index contributed by atoms with van der Waals surface area (Å²) in [4.78, 5) is 2.32. The van der Waals surface area contributed by atoms with E-state index < -0.39 is 6.10 Å². The van der Waals surface area contributed by atoms with E-state index in [1.165, 1.54) is 0 Å². The van der Waals surface area contributed by atoms with Gasteiger partial charge >= 0.3 is 0 Å². The third kappa shape index (κ3) is 3.64. The van der Waals surface area contributed by atoms with Crippen LogP contribution >= 0.6 is 0 Å². The summed E-state index contributed by atoms with van der Waals surface area (Å²) in [5.41, 5.74) is 2.07. The molecule has 0 bridgehead atoms. The first kappa shape index (κ1) is 21.5.